The van der Waals surface area contributed by atoms with Crippen molar-refractivity contribution in [2.75, 3.05) is 5.75 Å². The first-order chi connectivity index (χ1) is 8.33. The number of nitrogens with two attached hydrogens (primary N) is 1. The molecule has 0 aliphatic heterocycles. The smallest absolute Gasteiger partial charge is 0.323 e. The minimum atomic E-state index is -1.11. The molecule has 0 aliphatic carbocycles. The zero-order chi connectivity index (χ0) is 13.8. The van der Waals surface area contributed by atoms with Gasteiger partial charge in [0.25, 0.3) is 0 Å². The zero-order valence-electron chi connectivity index (χ0n) is 11.2. The van der Waals surface area contributed by atoms with Crippen LogP contribution in [0.3, 0.4) is 0 Å². The van der Waals surface area contributed by atoms with Crippen molar-refractivity contribution in [1.82, 2.24) is 0 Å². The maximum absolute atomic E-state index is 10.8. The number of hydrogen-bond donors (Lipinski definition) is 2. The Morgan fingerprint density at radius 1 is 1.44 bits per heavy atom. The van der Waals surface area contributed by atoms with Crippen molar-refractivity contribution >= 4 is 17.7 Å². The van der Waals surface area contributed by atoms with Crippen molar-refractivity contribution in [2.24, 2.45) is 5.73 Å². The van der Waals surface area contributed by atoms with Crippen LogP contribution in [0, 0.1) is 13.8 Å². The highest BCUT2D eigenvalue weighted by Crippen LogP contribution is 2.25. The van der Waals surface area contributed by atoms with E-state index in [-0.39, 0.29) is 0 Å². The largest absolute Gasteiger partial charge is 0.480 e. The Bertz CT molecular complexity index is 430. The van der Waals surface area contributed by atoms with Crippen LogP contribution in [0.15, 0.2) is 23.1 Å². The summed E-state index contributed by atoms with van der Waals surface area (Å²) in [5.41, 5.74) is 7.11. The third kappa shape index (κ3) is 4.35. The predicted molar refractivity (Wildman–Crippen MR) is 76.1 cm³/mol. The average Bonchev–Trinajstić information content (AvgIpc) is 2.26. The Balaban J connectivity index is 2.41. The fourth-order valence-electron chi connectivity index (χ4n) is 1.69. The lowest BCUT2D eigenvalue weighted by Gasteiger charge is -2.18. The van der Waals surface area contributed by atoms with Crippen LogP contribution in [0.4, 0.5) is 0 Å². The number of carboxylic acid groups (broad SMARTS) is 1. The van der Waals surface area contributed by atoms with Gasteiger partial charge in [0.05, 0.1) is 0 Å². The molecule has 1 rings (SSSR count). The summed E-state index contributed by atoms with van der Waals surface area (Å²) in [5, 5.41) is 8.90. The summed E-state index contributed by atoms with van der Waals surface area (Å²) < 4.78 is 0. The highest BCUT2D eigenvalue weighted by molar-refractivity contribution is 7.99. The molecule has 3 N–H and O–H groups in total. The Morgan fingerprint density at radius 3 is 2.67 bits per heavy atom. The van der Waals surface area contributed by atoms with Crippen molar-refractivity contribution in [1.29, 1.82) is 0 Å². The molecular weight excluding hydrogens is 246 g/mol. The van der Waals surface area contributed by atoms with Crippen molar-refractivity contribution in [3.8, 4) is 0 Å². The van der Waals surface area contributed by atoms with E-state index in [0.29, 0.717) is 6.42 Å². The van der Waals surface area contributed by atoms with Crippen LogP contribution in [0.2, 0.25) is 0 Å². The number of rotatable bonds is 6. The summed E-state index contributed by atoms with van der Waals surface area (Å²) in [6.07, 6.45) is 1.30. The normalized spacial score (nSPS) is 14.2. The highest BCUT2D eigenvalue weighted by atomic mass is 32.2. The summed E-state index contributed by atoms with van der Waals surface area (Å²) >= 11 is 1.76. The molecule has 0 fully saturated rings. The van der Waals surface area contributed by atoms with Gasteiger partial charge in [0.15, 0.2) is 0 Å². The number of benzene rings is 1. The van der Waals surface area contributed by atoms with Gasteiger partial charge in [-0.3, -0.25) is 4.79 Å². The number of aryl methyl sites for hydroxylation is 2. The molecule has 0 aliphatic rings. The molecule has 1 aromatic rings. The van der Waals surface area contributed by atoms with E-state index in [1.165, 1.54) is 16.0 Å². The highest BCUT2D eigenvalue weighted by Gasteiger charge is 2.26. The van der Waals surface area contributed by atoms with Crippen molar-refractivity contribution < 1.29 is 9.90 Å². The molecule has 0 spiro atoms. The second-order valence-corrected chi connectivity index (χ2v) is 6.08. The van der Waals surface area contributed by atoms with E-state index >= 15 is 0 Å². The van der Waals surface area contributed by atoms with Gasteiger partial charge in [0.1, 0.15) is 5.54 Å². The average molecular weight is 267 g/mol. The van der Waals surface area contributed by atoms with Crippen LogP contribution in [0.5, 0.6) is 0 Å². The molecule has 4 heteroatoms. The topological polar surface area (TPSA) is 63.3 Å². The Morgan fingerprint density at radius 2 is 2.11 bits per heavy atom. The molecule has 0 bridgehead atoms. The predicted octanol–water partition coefficient (Wildman–Crippen LogP) is 2.98. The molecule has 0 saturated heterocycles. The third-order valence-corrected chi connectivity index (χ3v) is 4.18. The molecule has 0 saturated carbocycles. The summed E-state index contributed by atoms with van der Waals surface area (Å²) in [7, 11) is 0. The van der Waals surface area contributed by atoms with Crippen LogP contribution in [0.1, 0.15) is 30.9 Å². The lowest BCUT2D eigenvalue weighted by Crippen LogP contribution is -2.44. The molecule has 0 aromatic heterocycles. The monoisotopic (exact) mass is 267 g/mol. The Kier molecular flexibility index (Phi) is 5.23. The minimum absolute atomic E-state index is 0.500. The van der Waals surface area contributed by atoms with Gasteiger partial charge in [-0.2, -0.15) is 0 Å². The maximum Gasteiger partial charge on any atom is 0.323 e. The van der Waals surface area contributed by atoms with Gasteiger partial charge < -0.3 is 10.8 Å². The van der Waals surface area contributed by atoms with E-state index in [2.05, 4.69) is 32.0 Å². The molecule has 0 amide bonds. The van der Waals surface area contributed by atoms with Crippen LogP contribution in [-0.4, -0.2) is 22.4 Å². The summed E-state index contributed by atoms with van der Waals surface area (Å²) in [4.78, 5) is 12.1. The molecule has 1 aromatic carbocycles. The molecule has 1 atom stereocenters. The number of hydrogen-bond acceptors (Lipinski definition) is 3. The second kappa shape index (κ2) is 6.25. The Labute approximate surface area is 113 Å². The van der Waals surface area contributed by atoms with Crippen molar-refractivity contribution in [2.45, 2.75) is 44.0 Å². The molecule has 1 unspecified atom stereocenters. The van der Waals surface area contributed by atoms with E-state index in [4.69, 9.17) is 10.8 Å². The SMILES string of the molecule is Cc1ccc(SCCCC(C)(N)C(=O)O)c(C)c1. The lowest BCUT2D eigenvalue weighted by molar-refractivity contribution is -0.142. The first-order valence-corrected chi connectivity index (χ1v) is 7.04. The van der Waals surface area contributed by atoms with Gasteiger partial charge >= 0.3 is 5.97 Å². The molecule has 18 heavy (non-hydrogen) atoms. The van der Waals surface area contributed by atoms with Gasteiger partial charge in [-0.1, -0.05) is 17.7 Å². The first-order valence-electron chi connectivity index (χ1n) is 6.05. The molecule has 3 nitrogen and oxygen atoms in total. The summed E-state index contributed by atoms with van der Waals surface area (Å²) in [6.45, 7) is 5.74. The van der Waals surface area contributed by atoms with E-state index in [1.54, 1.807) is 18.7 Å². The summed E-state index contributed by atoms with van der Waals surface area (Å²) in [6, 6.07) is 6.38. The van der Waals surface area contributed by atoms with Gasteiger partial charge in [0, 0.05) is 4.90 Å². The number of aliphatic carboxylic acids is 1. The van der Waals surface area contributed by atoms with Gasteiger partial charge in [0.2, 0.25) is 0 Å². The lowest BCUT2D eigenvalue weighted by atomic mass is 9.98. The van der Waals surface area contributed by atoms with Crippen molar-refractivity contribution in [3.05, 3.63) is 29.3 Å². The number of carbonyl (C=O) groups is 1. The molecule has 0 radical (unpaired) electrons. The molecule has 100 valence electrons. The standard InChI is InChI=1S/C14H21NO2S/c1-10-5-6-12(11(2)9-10)18-8-4-7-14(3,15)13(16)17/h5-6,9H,4,7-8,15H2,1-3H3,(H,16,17). The first kappa shape index (κ1) is 15.1. The van der Waals surface area contributed by atoms with Gasteiger partial charge in [-0.05, 0) is 51.0 Å². The number of thioether (sulfide) groups is 1. The van der Waals surface area contributed by atoms with E-state index < -0.39 is 11.5 Å². The number of carboxylic acids is 1. The van der Waals surface area contributed by atoms with E-state index in [1.807, 2.05) is 0 Å². The zero-order valence-corrected chi connectivity index (χ0v) is 12.0. The van der Waals surface area contributed by atoms with E-state index in [0.717, 1.165) is 12.2 Å². The van der Waals surface area contributed by atoms with Crippen LogP contribution in [0.25, 0.3) is 0 Å². The second-order valence-electron chi connectivity index (χ2n) is 4.94. The molecular formula is C14H21NO2S. The van der Waals surface area contributed by atoms with Crippen LogP contribution >= 0.6 is 11.8 Å². The third-order valence-electron chi connectivity index (χ3n) is 2.92. The molecule has 0 heterocycles. The minimum Gasteiger partial charge on any atom is -0.480 e. The fraction of sp³-hybridized carbons (Fsp3) is 0.500. The maximum atomic E-state index is 10.8. The van der Waals surface area contributed by atoms with Gasteiger partial charge in [-0.15, -0.1) is 11.8 Å². The fourth-order valence-corrected chi connectivity index (χ4v) is 2.65. The van der Waals surface area contributed by atoms with Gasteiger partial charge in [-0.25, -0.2) is 0 Å². The van der Waals surface area contributed by atoms with Crippen molar-refractivity contribution in [3.63, 3.8) is 0 Å². The summed E-state index contributed by atoms with van der Waals surface area (Å²) in [5.74, 6) is -0.0386. The van der Waals surface area contributed by atoms with Crippen LogP contribution < -0.4 is 5.73 Å². The van der Waals surface area contributed by atoms with E-state index in [9.17, 15) is 4.79 Å². The Hall–Kier alpha value is -1.00. The van der Waals surface area contributed by atoms with Crippen LogP contribution in [-0.2, 0) is 4.79 Å². The quantitative estimate of drug-likeness (QED) is 0.614.